The Bertz CT molecular complexity index is 485. The molecule has 1 aromatic heterocycles. The molecule has 0 amide bonds. The van der Waals surface area contributed by atoms with E-state index in [1.54, 1.807) is 19.1 Å². The molecule has 4 nitrogen and oxygen atoms in total. The molecule has 2 aromatic rings. The zero-order chi connectivity index (χ0) is 11.0. The fourth-order valence-electron chi connectivity index (χ4n) is 1.36. The summed E-state index contributed by atoms with van der Waals surface area (Å²) in [5.74, 6) is 0.312. The number of hydrogen-bond donors (Lipinski definition) is 2. The minimum Gasteiger partial charge on any atom is -0.506 e. The van der Waals surface area contributed by atoms with Crippen molar-refractivity contribution >= 4 is 17.5 Å². The smallest absolute Gasteiger partial charge is 0.229 e. The van der Waals surface area contributed by atoms with Gasteiger partial charge < -0.3 is 15.4 Å². The molecule has 0 fully saturated rings. The first-order valence-electron chi connectivity index (χ1n) is 4.29. The summed E-state index contributed by atoms with van der Waals surface area (Å²) in [7, 11) is 0. The summed E-state index contributed by atoms with van der Waals surface area (Å²) in [5.41, 5.74) is 7.69. The lowest BCUT2D eigenvalue weighted by atomic mass is 10.1. The van der Waals surface area contributed by atoms with Gasteiger partial charge in [0.05, 0.1) is 16.8 Å². The van der Waals surface area contributed by atoms with Crippen LogP contribution in [0.4, 0.5) is 5.88 Å². The number of nitrogens with zero attached hydrogens (tertiary/aromatic N) is 1. The van der Waals surface area contributed by atoms with Crippen molar-refractivity contribution in [2.75, 3.05) is 5.73 Å². The van der Waals surface area contributed by atoms with E-state index in [0.717, 1.165) is 5.56 Å². The minimum absolute atomic E-state index is 0.0791. The Morgan fingerprint density at radius 1 is 1.47 bits per heavy atom. The number of rotatable bonds is 1. The Labute approximate surface area is 91.3 Å². The summed E-state index contributed by atoms with van der Waals surface area (Å²) in [6, 6.07) is 3.39. The topological polar surface area (TPSA) is 72.3 Å². The van der Waals surface area contributed by atoms with Gasteiger partial charge in [-0.2, -0.15) is 0 Å². The zero-order valence-electron chi connectivity index (χ0n) is 7.99. The predicted molar refractivity (Wildman–Crippen MR) is 57.8 cm³/mol. The lowest BCUT2D eigenvalue weighted by Crippen LogP contribution is -1.86. The average molecular weight is 225 g/mol. The molecule has 1 heterocycles. The van der Waals surface area contributed by atoms with Gasteiger partial charge in [-0.1, -0.05) is 16.8 Å². The molecule has 0 bridgehead atoms. The Balaban J connectivity index is 2.60. The Kier molecular flexibility index (Phi) is 2.28. The van der Waals surface area contributed by atoms with E-state index in [0.29, 0.717) is 11.1 Å². The third kappa shape index (κ3) is 1.64. The number of nitrogens with two attached hydrogens (primary N) is 1. The zero-order valence-corrected chi connectivity index (χ0v) is 8.75. The summed E-state index contributed by atoms with van der Waals surface area (Å²) in [6.45, 7) is 1.76. The molecule has 3 N–H and O–H groups in total. The molecule has 5 heteroatoms. The number of anilines is 1. The van der Waals surface area contributed by atoms with Crippen molar-refractivity contribution in [1.29, 1.82) is 0 Å². The van der Waals surface area contributed by atoms with Crippen LogP contribution >= 0.6 is 11.6 Å². The molecule has 0 unspecified atom stereocenters. The van der Waals surface area contributed by atoms with E-state index in [4.69, 9.17) is 21.9 Å². The van der Waals surface area contributed by atoms with E-state index in [9.17, 15) is 5.11 Å². The van der Waals surface area contributed by atoms with Crippen molar-refractivity contribution in [2.45, 2.75) is 6.92 Å². The molecule has 0 spiro atoms. The van der Waals surface area contributed by atoms with Crippen LogP contribution in [0.1, 0.15) is 5.56 Å². The van der Waals surface area contributed by atoms with Crippen LogP contribution in [-0.2, 0) is 0 Å². The van der Waals surface area contributed by atoms with Gasteiger partial charge in [0.25, 0.3) is 0 Å². The van der Waals surface area contributed by atoms with Gasteiger partial charge in [0, 0.05) is 0 Å². The molecule has 0 saturated heterocycles. The number of halogens is 1. The number of phenolic OH excluding ortho intramolecular Hbond substituents is 1. The molecule has 15 heavy (non-hydrogen) atoms. The molecule has 0 aliphatic rings. The van der Waals surface area contributed by atoms with Gasteiger partial charge in [-0.25, -0.2) is 0 Å². The molecule has 0 saturated carbocycles. The highest BCUT2D eigenvalue weighted by Crippen LogP contribution is 2.34. The van der Waals surface area contributed by atoms with E-state index in [-0.39, 0.29) is 16.7 Å². The lowest BCUT2D eigenvalue weighted by molar-refractivity contribution is 0.436. The van der Waals surface area contributed by atoms with Crippen molar-refractivity contribution < 1.29 is 9.63 Å². The summed E-state index contributed by atoms with van der Waals surface area (Å²) >= 11 is 5.85. The average Bonchev–Trinajstić information content (AvgIpc) is 2.60. The minimum atomic E-state index is 0.0791. The number of phenols is 1. The molecule has 0 aliphatic carbocycles. The van der Waals surface area contributed by atoms with Crippen LogP contribution in [-0.4, -0.2) is 10.3 Å². The van der Waals surface area contributed by atoms with E-state index in [1.807, 2.05) is 0 Å². The maximum atomic E-state index is 9.50. The standard InChI is InChI=1S/C10H9ClN2O2/c1-5-2-6(3-8(11)9(5)14)7-4-13-15-10(7)12/h2-4,14H,12H2,1H3. The van der Waals surface area contributed by atoms with Crippen molar-refractivity contribution in [3.8, 4) is 16.9 Å². The number of aromatic hydroxyl groups is 1. The number of nitrogen functional groups attached to an aromatic ring is 1. The molecule has 78 valence electrons. The van der Waals surface area contributed by atoms with Crippen LogP contribution < -0.4 is 5.73 Å². The normalized spacial score (nSPS) is 10.5. The number of aryl methyl sites for hydroxylation is 1. The maximum absolute atomic E-state index is 9.50. The molecule has 1 aromatic carbocycles. The van der Waals surface area contributed by atoms with Gasteiger partial charge in [0.15, 0.2) is 0 Å². The fraction of sp³-hybridized carbons (Fsp3) is 0.100. The Morgan fingerprint density at radius 3 is 2.73 bits per heavy atom. The molecular formula is C10H9ClN2O2. The lowest BCUT2D eigenvalue weighted by Gasteiger charge is -2.04. The second kappa shape index (κ2) is 3.47. The summed E-state index contributed by atoms with van der Waals surface area (Å²) in [4.78, 5) is 0. The highest BCUT2D eigenvalue weighted by molar-refractivity contribution is 6.32. The van der Waals surface area contributed by atoms with Crippen molar-refractivity contribution in [3.05, 3.63) is 28.9 Å². The second-order valence-corrected chi connectivity index (χ2v) is 3.63. The van der Waals surface area contributed by atoms with Crippen LogP contribution in [0.3, 0.4) is 0 Å². The number of benzene rings is 1. The quantitative estimate of drug-likeness (QED) is 0.781. The molecular weight excluding hydrogens is 216 g/mol. The van der Waals surface area contributed by atoms with Gasteiger partial charge in [-0.3, -0.25) is 0 Å². The third-order valence-corrected chi connectivity index (χ3v) is 2.45. The molecule has 0 aliphatic heterocycles. The summed E-state index contributed by atoms with van der Waals surface area (Å²) in [5, 5.41) is 13.4. The SMILES string of the molecule is Cc1cc(-c2cnoc2N)cc(Cl)c1O. The summed E-state index contributed by atoms with van der Waals surface area (Å²) in [6.07, 6.45) is 1.51. The third-order valence-electron chi connectivity index (χ3n) is 2.16. The summed E-state index contributed by atoms with van der Waals surface area (Å²) < 4.78 is 4.75. The van der Waals surface area contributed by atoms with Crippen molar-refractivity contribution in [2.24, 2.45) is 0 Å². The van der Waals surface area contributed by atoms with Crippen molar-refractivity contribution in [1.82, 2.24) is 5.16 Å². The monoisotopic (exact) mass is 224 g/mol. The first kappa shape index (κ1) is 9.86. The fourth-order valence-corrected chi connectivity index (χ4v) is 1.62. The maximum Gasteiger partial charge on any atom is 0.229 e. The highest BCUT2D eigenvalue weighted by Gasteiger charge is 2.11. The molecule has 0 atom stereocenters. The second-order valence-electron chi connectivity index (χ2n) is 3.23. The van der Waals surface area contributed by atoms with Gasteiger partial charge in [0.1, 0.15) is 5.75 Å². The van der Waals surface area contributed by atoms with Gasteiger partial charge in [0.2, 0.25) is 5.88 Å². The van der Waals surface area contributed by atoms with Gasteiger partial charge >= 0.3 is 0 Å². The van der Waals surface area contributed by atoms with E-state index < -0.39 is 0 Å². The van der Waals surface area contributed by atoms with Gasteiger partial charge in [-0.05, 0) is 30.2 Å². The molecule has 0 radical (unpaired) electrons. The number of hydrogen-bond acceptors (Lipinski definition) is 4. The largest absolute Gasteiger partial charge is 0.506 e. The van der Waals surface area contributed by atoms with Crippen LogP contribution in [0, 0.1) is 6.92 Å². The van der Waals surface area contributed by atoms with Crippen LogP contribution in [0.2, 0.25) is 5.02 Å². The first-order chi connectivity index (χ1) is 7.09. The van der Waals surface area contributed by atoms with E-state index >= 15 is 0 Å². The van der Waals surface area contributed by atoms with E-state index in [1.165, 1.54) is 6.20 Å². The van der Waals surface area contributed by atoms with E-state index in [2.05, 4.69) is 5.16 Å². The number of aromatic nitrogens is 1. The Hall–Kier alpha value is -1.68. The van der Waals surface area contributed by atoms with Crippen LogP contribution in [0.15, 0.2) is 22.9 Å². The van der Waals surface area contributed by atoms with Gasteiger partial charge in [-0.15, -0.1) is 0 Å². The molecule has 2 rings (SSSR count). The van der Waals surface area contributed by atoms with Crippen molar-refractivity contribution in [3.63, 3.8) is 0 Å². The van der Waals surface area contributed by atoms with Crippen LogP contribution in [0.25, 0.3) is 11.1 Å². The first-order valence-corrected chi connectivity index (χ1v) is 4.67. The predicted octanol–water partition coefficient (Wildman–Crippen LogP) is 2.59. The van der Waals surface area contributed by atoms with Crippen LogP contribution in [0.5, 0.6) is 5.75 Å². The Morgan fingerprint density at radius 2 is 2.20 bits per heavy atom. The highest BCUT2D eigenvalue weighted by atomic mass is 35.5.